The van der Waals surface area contributed by atoms with Crippen molar-refractivity contribution >= 4 is 11.3 Å². The van der Waals surface area contributed by atoms with Crippen molar-refractivity contribution in [1.29, 1.82) is 0 Å². The number of hydrogen-bond donors (Lipinski definition) is 0. The van der Waals surface area contributed by atoms with E-state index in [1.807, 2.05) is 11.3 Å². The summed E-state index contributed by atoms with van der Waals surface area (Å²) < 4.78 is 0. The first kappa shape index (κ1) is 8.84. The minimum atomic E-state index is 0.764. The predicted molar refractivity (Wildman–Crippen MR) is 58.1 cm³/mol. The lowest BCUT2D eigenvalue weighted by molar-refractivity contribution is 0.448. The number of thiophene rings is 1. The third-order valence-corrected chi connectivity index (χ3v) is 3.91. The predicted octanol–water partition coefficient (Wildman–Crippen LogP) is 3.78. The van der Waals surface area contributed by atoms with Crippen molar-refractivity contribution in [1.82, 2.24) is 0 Å². The topological polar surface area (TPSA) is 0 Å². The third kappa shape index (κ3) is 1.78. The molecule has 1 aliphatic carbocycles. The van der Waals surface area contributed by atoms with Gasteiger partial charge in [0.15, 0.2) is 0 Å². The van der Waals surface area contributed by atoms with E-state index in [1.165, 1.54) is 37.0 Å². The summed E-state index contributed by atoms with van der Waals surface area (Å²) in [6.07, 6.45) is 12.3. The standard InChI is InChI=1S/C12H14S/c1-2-10-8-9-13-12(10)11-6-4-3-5-7-11/h1,8-9,11H,3-7H2. The van der Waals surface area contributed by atoms with Crippen LogP contribution in [0.2, 0.25) is 0 Å². The molecule has 0 nitrogen and oxygen atoms in total. The van der Waals surface area contributed by atoms with Crippen LogP contribution >= 0.6 is 11.3 Å². The average Bonchev–Trinajstić information content (AvgIpc) is 2.67. The Hall–Kier alpha value is -0.740. The van der Waals surface area contributed by atoms with Gasteiger partial charge in [-0.1, -0.05) is 25.2 Å². The number of hydrogen-bond acceptors (Lipinski definition) is 1. The highest BCUT2D eigenvalue weighted by molar-refractivity contribution is 7.10. The zero-order chi connectivity index (χ0) is 9.10. The van der Waals surface area contributed by atoms with Gasteiger partial charge in [0.05, 0.1) is 0 Å². The second-order valence-electron chi connectivity index (χ2n) is 3.68. The van der Waals surface area contributed by atoms with Crippen LogP contribution in [-0.2, 0) is 0 Å². The molecule has 68 valence electrons. The van der Waals surface area contributed by atoms with Crippen LogP contribution in [-0.4, -0.2) is 0 Å². The number of terminal acetylenes is 1. The second kappa shape index (κ2) is 3.98. The Kier molecular flexibility index (Phi) is 2.71. The van der Waals surface area contributed by atoms with Crippen LogP contribution in [0.4, 0.5) is 0 Å². The highest BCUT2D eigenvalue weighted by Crippen LogP contribution is 2.36. The molecule has 0 unspecified atom stereocenters. The van der Waals surface area contributed by atoms with E-state index in [0.29, 0.717) is 0 Å². The van der Waals surface area contributed by atoms with Gasteiger partial charge in [-0.3, -0.25) is 0 Å². The van der Waals surface area contributed by atoms with E-state index in [9.17, 15) is 0 Å². The summed E-state index contributed by atoms with van der Waals surface area (Å²) in [4.78, 5) is 1.46. The molecule has 0 aliphatic heterocycles. The molecule has 13 heavy (non-hydrogen) atoms. The SMILES string of the molecule is C#Cc1ccsc1C1CCCCC1. The molecular formula is C12H14S. The monoisotopic (exact) mass is 190 g/mol. The lowest BCUT2D eigenvalue weighted by Gasteiger charge is -2.20. The van der Waals surface area contributed by atoms with Crippen molar-refractivity contribution < 1.29 is 0 Å². The zero-order valence-electron chi connectivity index (χ0n) is 7.75. The molecule has 0 radical (unpaired) electrons. The Bertz CT molecular complexity index is 310. The quantitative estimate of drug-likeness (QED) is 0.591. The summed E-state index contributed by atoms with van der Waals surface area (Å²) in [7, 11) is 0. The van der Waals surface area contributed by atoms with Crippen LogP contribution < -0.4 is 0 Å². The third-order valence-electron chi connectivity index (χ3n) is 2.83. The van der Waals surface area contributed by atoms with Crippen LogP contribution in [0.1, 0.15) is 48.5 Å². The van der Waals surface area contributed by atoms with Crippen LogP contribution in [0.25, 0.3) is 0 Å². The summed E-state index contributed by atoms with van der Waals surface area (Å²) >= 11 is 1.84. The van der Waals surface area contributed by atoms with Gasteiger partial charge in [-0.2, -0.15) is 0 Å². The summed E-state index contributed by atoms with van der Waals surface area (Å²) in [6.45, 7) is 0. The Labute approximate surface area is 84.0 Å². The Morgan fingerprint density at radius 3 is 2.77 bits per heavy atom. The average molecular weight is 190 g/mol. The molecule has 1 heterocycles. The lowest BCUT2D eigenvalue weighted by atomic mass is 9.87. The van der Waals surface area contributed by atoms with Crippen molar-refractivity contribution in [3.8, 4) is 12.3 Å². The first-order chi connectivity index (χ1) is 6.42. The van der Waals surface area contributed by atoms with Gasteiger partial charge >= 0.3 is 0 Å². The highest BCUT2D eigenvalue weighted by Gasteiger charge is 2.18. The van der Waals surface area contributed by atoms with E-state index in [4.69, 9.17) is 6.42 Å². The minimum absolute atomic E-state index is 0.764. The molecule has 1 aromatic heterocycles. The maximum atomic E-state index is 5.46. The Balaban J connectivity index is 2.19. The number of rotatable bonds is 1. The molecule has 1 fully saturated rings. The largest absolute Gasteiger partial charge is 0.147 e. The van der Waals surface area contributed by atoms with Gasteiger partial charge < -0.3 is 0 Å². The van der Waals surface area contributed by atoms with Crippen LogP contribution in [0, 0.1) is 12.3 Å². The van der Waals surface area contributed by atoms with Crippen molar-refractivity contribution in [2.24, 2.45) is 0 Å². The van der Waals surface area contributed by atoms with Gasteiger partial charge in [0.1, 0.15) is 0 Å². The molecule has 0 amide bonds. The van der Waals surface area contributed by atoms with Crippen LogP contribution in [0.15, 0.2) is 11.4 Å². The van der Waals surface area contributed by atoms with E-state index in [2.05, 4.69) is 17.4 Å². The summed E-state index contributed by atoms with van der Waals surface area (Å²) in [5.41, 5.74) is 1.14. The normalized spacial score (nSPS) is 18.4. The fourth-order valence-electron chi connectivity index (χ4n) is 2.12. The Morgan fingerprint density at radius 1 is 1.31 bits per heavy atom. The van der Waals surface area contributed by atoms with Gasteiger partial charge in [-0.05, 0) is 30.2 Å². The molecule has 1 aromatic rings. The van der Waals surface area contributed by atoms with E-state index in [1.54, 1.807) is 0 Å². The van der Waals surface area contributed by atoms with E-state index < -0.39 is 0 Å². The van der Waals surface area contributed by atoms with E-state index in [-0.39, 0.29) is 0 Å². The summed E-state index contributed by atoms with van der Waals surface area (Å²) in [5, 5.41) is 2.12. The van der Waals surface area contributed by atoms with Gasteiger partial charge in [0.2, 0.25) is 0 Å². The molecule has 1 aliphatic rings. The molecule has 0 aromatic carbocycles. The van der Waals surface area contributed by atoms with Crippen molar-refractivity contribution in [2.45, 2.75) is 38.0 Å². The molecule has 1 heteroatoms. The van der Waals surface area contributed by atoms with Crippen molar-refractivity contribution in [2.75, 3.05) is 0 Å². The van der Waals surface area contributed by atoms with E-state index in [0.717, 1.165) is 11.5 Å². The van der Waals surface area contributed by atoms with Crippen LogP contribution in [0.3, 0.4) is 0 Å². The van der Waals surface area contributed by atoms with Gasteiger partial charge in [0, 0.05) is 10.4 Å². The molecule has 0 spiro atoms. The molecule has 0 N–H and O–H groups in total. The maximum absolute atomic E-state index is 5.46. The fraction of sp³-hybridized carbons (Fsp3) is 0.500. The summed E-state index contributed by atoms with van der Waals surface area (Å²) in [6, 6.07) is 2.08. The maximum Gasteiger partial charge on any atom is 0.0384 e. The van der Waals surface area contributed by atoms with Crippen LogP contribution in [0.5, 0.6) is 0 Å². The van der Waals surface area contributed by atoms with Gasteiger partial charge in [0.25, 0.3) is 0 Å². The summed E-state index contributed by atoms with van der Waals surface area (Å²) in [5.74, 6) is 3.55. The fourth-order valence-corrected chi connectivity index (χ4v) is 3.15. The smallest absolute Gasteiger partial charge is 0.0384 e. The van der Waals surface area contributed by atoms with Gasteiger partial charge in [-0.25, -0.2) is 0 Å². The first-order valence-corrected chi connectivity index (χ1v) is 5.84. The lowest BCUT2D eigenvalue weighted by Crippen LogP contribution is -2.03. The molecule has 0 saturated heterocycles. The molecule has 1 saturated carbocycles. The highest BCUT2D eigenvalue weighted by atomic mass is 32.1. The van der Waals surface area contributed by atoms with Gasteiger partial charge in [-0.15, -0.1) is 17.8 Å². The zero-order valence-corrected chi connectivity index (χ0v) is 8.57. The minimum Gasteiger partial charge on any atom is -0.147 e. The van der Waals surface area contributed by atoms with Crippen molar-refractivity contribution in [3.05, 3.63) is 21.9 Å². The van der Waals surface area contributed by atoms with E-state index >= 15 is 0 Å². The Morgan fingerprint density at radius 2 is 2.08 bits per heavy atom. The molecule has 0 bridgehead atoms. The first-order valence-electron chi connectivity index (χ1n) is 4.96. The molecule has 2 rings (SSSR count). The van der Waals surface area contributed by atoms with Crippen molar-refractivity contribution in [3.63, 3.8) is 0 Å². The molecule has 0 atom stereocenters. The molecular weight excluding hydrogens is 176 g/mol. The second-order valence-corrected chi connectivity index (χ2v) is 4.63.